The van der Waals surface area contributed by atoms with Crippen LogP contribution in [0.5, 0.6) is 0 Å². The van der Waals surface area contributed by atoms with Gasteiger partial charge >= 0.3 is 6.09 Å². The molecule has 0 atom stereocenters. The van der Waals surface area contributed by atoms with Crippen LogP contribution in [0.3, 0.4) is 0 Å². The van der Waals surface area contributed by atoms with E-state index in [4.69, 9.17) is 10.5 Å². The topological polar surface area (TPSA) is 86.3 Å². The number of ether oxygens (including phenoxy) is 1. The molecule has 0 bridgehead atoms. The van der Waals surface area contributed by atoms with Crippen LogP contribution in [0.25, 0.3) is 22.2 Å². The zero-order valence-electron chi connectivity index (χ0n) is 17.1. The summed E-state index contributed by atoms with van der Waals surface area (Å²) >= 11 is 0. The highest BCUT2D eigenvalue weighted by molar-refractivity contribution is 6.00. The third-order valence-corrected chi connectivity index (χ3v) is 5.23. The Labute approximate surface area is 170 Å². The maximum atomic E-state index is 12.4. The van der Waals surface area contributed by atoms with E-state index < -0.39 is 5.60 Å². The number of fused-ring (bicyclic) bond motifs is 1. The molecule has 0 spiro atoms. The lowest BCUT2D eigenvalue weighted by Gasteiger charge is -2.34. The van der Waals surface area contributed by atoms with Crippen LogP contribution in [0.2, 0.25) is 0 Å². The minimum Gasteiger partial charge on any atom is -0.444 e. The number of likely N-dealkylation sites (tertiary alicyclic amines) is 1. The number of aromatic nitrogens is 3. The van der Waals surface area contributed by atoms with Crippen molar-refractivity contribution in [3.63, 3.8) is 0 Å². The van der Waals surface area contributed by atoms with Crippen molar-refractivity contribution in [1.82, 2.24) is 19.4 Å². The highest BCUT2D eigenvalue weighted by atomic mass is 16.6. The van der Waals surface area contributed by atoms with Gasteiger partial charge in [0, 0.05) is 30.9 Å². The molecule has 29 heavy (non-hydrogen) atoms. The van der Waals surface area contributed by atoms with Gasteiger partial charge in [0.05, 0.1) is 5.39 Å². The summed E-state index contributed by atoms with van der Waals surface area (Å²) in [6.07, 6.45) is 5.06. The SMILES string of the molecule is CC(C)(C)OC(=O)N1CCC(n2cc(-c3ccccc3)c3c(N)ncnc32)CC1. The number of nitrogen functional groups attached to an aromatic ring is 1. The number of piperidine rings is 1. The second-order valence-electron chi connectivity index (χ2n) is 8.47. The molecule has 1 aromatic carbocycles. The first kappa shape index (κ1) is 19.2. The molecule has 4 rings (SSSR count). The molecule has 1 aliphatic heterocycles. The van der Waals surface area contributed by atoms with E-state index in [-0.39, 0.29) is 12.1 Å². The third kappa shape index (κ3) is 3.90. The fraction of sp³-hybridized carbons (Fsp3) is 0.409. The van der Waals surface area contributed by atoms with E-state index in [2.05, 4.69) is 32.9 Å². The molecule has 2 N–H and O–H groups in total. The molecule has 152 valence electrons. The van der Waals surface area contributed by atoms with Crippen LogP contribution in [0.15, 0.2) is 42.9 Å². The van der Waals surface area contributed by atoms with Crippen molar-refractivity contribution in [2.75, 3.05) is 18.8 Å². The number of benzene rings is 1. The molecule has 0 radical (unpaired) electrons. The molecule has 0 unspecified atom stereocenters. The Morgan fingerprint density at radius 3 is 2.48 bits per heavy atom. The molecule has 1 amide bonds. The Hall–Kier alpha value is -3.09. The van der Waals surface area contributed by atoms with Crippen LogP contribution < -0.4 is 5.73 Å². The van der Waals surface area contributed by atoms with Gasteiger partial charge in [-0.3, -0.25) is 0 Å². The average molecular weight is 393 g/mol. The minimum atomic E-state index is -0.483. The molecule has 2 aromatic heterocycles. The Morgan fingerprint density at radius 2 is 1.83 bits per heavy atom. The molecule has 7 heteroatoms. The smallest absolute Gasteiger partial charge is 0.410 e. The number of nitrogens with zero attached hydrogens (tertiary/aromatic N) is 4. The summed E-state index contributed by atoms with van der Waals surface area (Å²) < 4.78 is 7.71. The zero-order chi connectivity index (χ0) is 20.6. The normalized spacial score (nSPS) is 15.6. The monoisotopic (exact) mass is 393 g/mol. The number of carbonyl (C=O) groups is 1. The summed E-state index contributed by atoms with van der Waals surface area (Å²) in [6, 6.07) is 10.4. The molecule has 1 saturated heterocycles. The van der Waals surface area contributed by atoms with E-state index in [9.17, 15) is 4.79 Å². The quantitative estimate of drug-likeness (QED) is 0.703. The molecule has 1 fully saturated rings. The van der Waals surface area contributed by atoms with Crippen molar-refractivity contribution in [2.45, 2.75) is 45.3 Å². The number of carbonyl (C=O) groups excluding carboxylic acids is 1. The van der Waals surface area contributed by atoms with Crippen molar-refractivity contribution in [3.8, 4) is 11.1 Å². The van der Waals surface area contributed by atoms with E-state index >= 15 is 0 Å². The van der Waals surface area contributed by atoms with E-state index in [1.807, 2.05) is 39.0 Å². The molecule has 1 aliphatic rings. The summed E-state index contributed by atoms with van der Waals surface area (Å²) in [4.78, 5) is 22.9. The van der Waals surface area contributed by atoms with Crippen LogP contribution in [0.1, 0.15) is 39.7 Å². The Morgan fingerprint density at radius 1 is 1.14 bits per heavy atom. The van der Waals surface area contributed by atoms with Crippen molar-refractivity contribution in [2.24, 2.45) is 0 Å². The second kappa shape index (κ2) is 7.39. The van der Waals surface area contributed by atoms with Gasteiger partial charge in [0.2, 0.25) is 0 Å². The first-order chi connectivity index (χ1) is 13.8. The zero-order valence-corrected chi connectivity index (χ0v) is 17.1. The van der Waals surface area contributed by atoms with E-state index in [0.29, 0.717) is 18.9 Å². The van der Waals surface area contributed by atoms with Gasteiger partial charge in [0.15, 0.2) is 0 Å². The van der Waals surface area contributed by atoms with Gasteiger partial charge in [-0.15, -0.1) is 0 Å². The van der Waals surface area contributed by atoms with Gasteiger partial charge in [-0.1, -0.05) is 30.3 Å². The van der Waals surface area contributed by atoms with Crippen LogP contribution in [0.4, 0.5) is 10.6 Å². The van der Waals surface area contributed by atoms with Gasteiger partial charge in [0.1, 0.15) is 23.4 Å². The van der Waals surface area contributed by atoms with Gasteiger partial charge in [-0.05, 0) is 39.2 Å². The maximum Gasteiger partial charge on any atom is 0.410 e. The molecule has 3 heterocycles. The predicted molar refractivity (Wildman–Crippen MR) is 113 cm³/mol. The van der Waals surface area contributed by atoms with Crippen LogP contribution in [-0.4, -0.2) is 44.2 Å². The highest BCUT2D eigenvalue weighted by Crippen LogP contribution is 2.36. The Bertz CT molecular complexity index is 1010. The standard InChI is InChI=1S/C22H27N5O2/c1-22(2,3)29-21(28)26-11-9-16(10-12-26)27-13-17(15-7-5-4-6-8-15)18-19(23)24-14-25-20(18)27/h4-8,13-14,16H,9-12H2,1-3H3,(H2,23,24,25). The van der Waals surface area contributed by atoms with E-state index in [1.54, 1.807) is 4.90 Å². The van der Waals surface area contributed by atoms with Crippen molar-refractivity contribution in [3.05, 3.63) is 42.9 Å². The molecule has 0 aliphatic carbocycles. The largest absolute Gasteiger partial charge is 0.444 e. The van der Waals surface area contributed by atoms with E-state index in [0.717, 1.165) is 35.0 Å². The number of rotatable bonds is 2. The maximum absolute atomic E-state index is 12.4. The van der Waals surface area contributed by atoms with Crippen molar-refractivity contribution < 1.29 is 9.53 Å². The summed E-state index contributed by atoms with van der Waals surface area (Å²) in [6.45, 7) is 6.97. The number of hydrogen-bond acceptors (Lipinski definition) is 5. The Kier molecular flexibility index (Phi) is 4.90. The first-order valence-corrected chi connectivity index (χ1v) is 9.98. The van der Waals surface area contributed by atoms with Gasteiger partial charge < -0.3 is 19.9 Å². The Balaban J connectivity index is 1.61. The fourth-order valence-corrected chi connectivity index (χ4v) is 3.88. The second-order valence-corrected chi connectivity index (χ2v) is 8.47. The van der Waals surface area contributed by atoms with Crippen molar-refractivity contribution >= 4 is 22.9 Å². The minimum absolute atomic E-state index is 0.239. The summed E-state index contributed by atoms with van der Waals surface area (Å²) in [7, 11) is 0. The molecular weight excluding hydrogens is 366 g/mol. The number of anilines is 1. The average Bonchev–Trinajstić information content (AvgIpc) is 3.08. The predicted octanol–water partition coefficient (Wildman–Crippen LogP) is 4.25. The van der Waals surface area contributed by atoms with E-state index in [1.165, 1.54) is 6.33 Å². The molecular formula is C22H27N5O2. The molecule has 7 nitrogen and oxygen atoms in total. The lowest BCUT2D eigenvalue weighted by atomic mass is 10.1. The number of hydrogen-bond donors (Lipinski definition) is 1. The van der Waals surface area contributed by atoms with Crippen molar-refractivity contribution in [1.29, 1.82) is 0 Å². The summed E-state index contributed by atoms with van der Waals surface area (Å²) in [5.74, 6) is 0.485. The third-order valence-electron chi connectivity index (χ3n) is 5.23. The number of amides is 1. The highest BCUT2D eigenvalue weighted by Gasteiger charge is 2.29. The van der Waals surface area contributed by atoms with Crippen LogP contribution in [-0.2, 0) is 4.74 Å². The lowest BCUT2D eigenvalue weighted by molar-refractivity contribution is 0.0189. The molecule has 0 saturated carbocycles. The fourth-order valence-electron chi connectivity index (χ4n) is 3.88. The van der Waals surface area contributed by atoms with Gasteiger partial charge in [-0.2, -0.15) is 0 Å². The first-order valence-electron chi connectivity index (χ1n) is 9.98. The summed E-state index contributed by atoms with van der Waals surface area (Å²) in [5, 5.41) is 0.883. The lowest BCUT2D eigenvalue weighted by Crippen LogP contribution is -2.42. The van der Waals surface area contributed by atoms with Gasteiger partial charge in [0.25, 0.3) is 0 Å². The number of nitrogens with two attached hydrogens (primary N) is 1. The molecule has 3 aromatic rings. The van der Waals surface area contributed by atoms with Crippen LogP contribution in [0, 0.1) is 0 Å². The van der Waals surface area contributed by atoms with Gasteiger partial charge in [-0.25, -0.2) is 14.8 Å². The summed E-state index contributed by atoms with van der Waals surface area (Å²) in [5.41, 5.74) is 8.70. The van der Waals surface area contributed by atoms with Crippen LogP contribution >= 0.6 is 0 Å².